The molecule has 1 amide bonds. The first-order chi connectivity index (χ1) is 11.4. The van der Waals surface area contributed by atoms with Gasteiger partial charge in [-0.1, -0.05) is 38.3 Å². The Morgan fingerprint density at radius 1 is 1.25 bits per heavy atom. The lowest BCUT2D eigenvalue weighted by Crippen LogP contribution is -2.48. The molecule has 0 radical (unpaired) electrons. The number of rotatable bonds is 5. The number of halogens is 1. The Kier molecular flexibility index (Phi) is 6.67. The van der Waals surface area contributed by atoms with Crippen molar-refractivity contribution in [1.29, 1.82) is 0 Å². The normalized spacial score (nSPS) is 21.8. The minimum Gasteiger partial charge on any atom is -0.469 e. The van der Waals surface area contributed by atoms with Crippen LogP contribution in [0, 0.1) is 11.8 Å². The van der Waals surface area contributed by atoms with E-state index < -0.39 is 0 Å². The van der Waals surface area contributed by atoms with Gasteiger partial charge in [-0.25, -0.2) is 0 Å². The van der Waals surface area contributed by atoms with Gasteiger partial charge in [0.05, 0.1) is 13.0 Å². The van der Waals surface area contributed by atoms with Gasteiger partial charge < -0.3 is 9.64 Å². The molecule has 3 unspecified atom stereocenters. The van der Waals surface area contributed by atoms with Crippen LogP contribution in [0.2, 0.25) is 5.02 Å². The second kappa shape index (κ2) is 8.52. The van der Waals surface area contributed by atoms with Gasteiger partial charge in [0, 0.05) is 23.2 Å². The van der Waals surface area contributed by atoms with Crippen LogP contribution >= 0.6 is 11.6 Å². The molecule has 1 aromatic rings. The molecule has 0 spiro atoms. The largest absolute Gasteiger partial charge is 0.469 e. The van der Waals surface area contributed by atoms with Gasteiger partial charge in [-0.3, -0.25) is 9.59 Å². The molecule has 24 heavy (non-hydrogen) atoms. The molecule has 1 aliphatic rings. The van der Waals surface area contributed by atoms with Crippen molar-refractivity contribution < 1.29 is 14.3 Å². The maximum absolute atomic E-state index is 13.1. The van der Waals surface area contributed by atoms with E-state index in [1.807, 2.05) is 11.8 Å². The summed E-state index contributed by atoms with van der Waals surface area (Å²) >= 11 is 5.93. The molecule has 0 aromatic heterocycles. The molecule has 1 aliphatic carbocycles. The first-order valence-electron chi connectivity index (χ1n) is 8.58. The number of methoxy groups -OCH3 is 1. The van der Waals surface area contributed by atoms with Gasteiger partial charge in [-0.2, -0.15) is 0 Å². The monoisotopic (exact) mass is 351 g/mol. The summed E-state index contributed by atoms with van der Waals surface area (Å²) in [5.74, 6) is -0.242. The second-order valence-electron chi connectivity index (χ2n) is 6.72. The molecule has 5 heteroatoms. The highest BCUT2D eigenvalue weighted by atomic mass is 35.5. The summed E-state index contributed by atoms with van der Waals surface area (Å²) in [7, 11) is 1.38. The first-order valence-corrected chi connectivity index (χ1v) is 8.96. The minimum absolute atomic E-state index is 0.0406. The van der Waals surface area contributed by atoms with Crippen molar-refractivity contribution in [3.8, 4) is 0 Å². The third-order valence-electron chi connectivity index (χ3n) is 4.89. The lowest BCUT2D eigenvalue weighted by Gasteiger charge is -2.39. The van der Waals surface area contributed by atoms with Crippen LogP contribution < -0.4 is 0 Å². The zero-order chi connectivity index (χ0) is 17.7. The van der Waals surface area contributed by atoms with Crippen LogP contribution in [-0.2, 0) is 9.53 Å². The maximum Gasteiger partial charge on any atom is 0.310 e. The topological polar surface area (TPSA) is 46.6 Å². The number of hydrogen-bond acceptors (Lipinski definition) is 3. The standard InChI is InChI=1S/C19H26ClNO3/c1-13-6-4-5-7-17(13)21(12-14(2)19(23)24-3)18(22)15-8-10-16(20)11-9-15/h8-11,13-14,17H,4-7,12H2,1-3H3. The Balaban J connectivity index is 2.25. The smallest absolute Gasteiger partial charge is 0.310 e. The highest BCUT2D eigenvalue weighted by Gasteiger charge is 2.33. The summed E-state index contributed by atoms with van der Waals surface area (Å²) in [5, 5.41) is 0.604. The van der Waals surface area contributed by atoms with Gasteiger partial charge in [-0.05, 0) is 43.0 Å². The fourth-order valence-electron chi connectivity index (χ4n) is 3.46. The Morgan fingerprint density at radius 2 is 1.88 bits per heavy atom. The van der Waals surface area contributed by atoms with Gasteiger partial charge in [0.25, 0.3) is 5.91 Å². The summed E-state index contributed by atoms with van der Waals surface area (Å²) in [5.41, 5.74) is 0.606. The van der Waals surface area contributed by atoms with Crippen LogP contribution in [0.5, 0.6) is 0 Å². The number of esters is 1. The van der Waals surface area contributed by atoms with E-state index in [1.54, 1.807) is 24.3 Å². The highest BCUT2D eigenvalue weighted by Crippen LogP contribution is 2.30. The van der Waals surface area contributed by atoms with E-state index in [1.165, 1.54) is 13.5 Å². The fraction of sp³-hybridized carbons (Fsp3) is 0.579. The maximum atomic E-state index is 13.1. The van der Waals surface area contributed by atoms with Gasteiger partial charge in [0.2, 0.25) is 0 Å². The van der Waals surface area contributed by atoms with Crippen LogP contribution in [0.1, 0.15) is 49.9 Å². The van der Waals surface area contributed by atoms with Crippen LogP contribution in [0.4, 0.5) is 0 Å². The summed E-state index contributed by atoms with van der Waals surface area (Å²) in [4.78, 5) is 26.8. The molecular formula is C19H26ClNO3. The number of nitrogens with zero attached hydrogens (tertiary/aromatic N) is 1. The molecule has 3 atom stereocenters. The van der Waals surface area contributed by atoms with Crippen LogP contribution in [0.15, 0.2) is 24.3 Å². The van der Waals surface area contributed by atoms with Gasteiger partial charge in [0.1, 0.15) is 0 Å². The molecule has 2 rings (SSSR count). The first kappa shape index (κ1) is 18.8. The van der Waals surface area contributed by atoms with Crippen molar-refractivity contribution in [2.45, 2.75) is 45.6 Å². The Morgan fingerprint density at radius 3 is 2.46 bits per heavy atom. The molecule has 0 bridgehead atoms. The lowest BCUT2D eigenvalue weighted by atomic mass is 9.84. The van der Waals surface area contributed by atoms with Crippen LogP contribution in [0.3, 0.4) is 0 Å². The predicted octanol–water partition coefficient (Wildman–Crippen LogP) is 4.17. The van der Waals surface area contributed by atoms with Crippen molar-refractivity contribution in [3.63, 3.8) is 0 Å². The van der Waals surface area contributed by atoms with E-state index in [-0.39, 0.29) is 23.8 Å². The van der Waals surface area contributed by atoms with Gasteiger partial charge in [0.15, 0.2) is 0 Å². The number of hydrogen-bond donors (Lipinski definition) is 0. The zero-order valence-electron chi connectivity index (χ0n) is 14.6. The van der Waals surface area contributed by atoms with Crippen LogP contribution in [-0.4, -0.2) is 36.5 Å². The summed E-state index contributed by atoms with van der Waals surface area (Å²) < 4.78 is 4.83. The highest BCUT2D eigenvalue weighted by molar-refractivity contribution is 6.30. The van der Waals surface area contributed by atoms with E-state index in [0.29, 0.717) is 23.0 Å². The lowest BCUT2D eigenvalue weighted by molar-refractivity contribution is -0.145. The predicted molar refractivity (Wildman–Crippen MR) is 95.1 cm³/mol. The molecule has 0 aliphatic heterocycles. The molecule has 4 nitrogen and oxygen atoms in total. The van der Waals surface area contributed by atoms with Gasteiger partial charge in [-0.15, -0.1) is 0 Å². The van der Waals surface area contributed by atoms with E-state index >= 15 is 0 Å². The van der Waals surface area contributed by atoms with Crippen molar-refractivity contribution in [1.82, 2.24) is 4.90 Å². The molecule has 0 N–H and O–H groups in total. The minimum atomic E-state index is -0.347. The number of ether oxygens (including phenoxy) is 1. The van der Waals surface area contributed by atoms with E-state index in [4.69, 9.17) is 16.3 Å². The molecule has 0 saturated heterocycles. The van der Waals surface area contributed by atoms with Crippen LogP contribution in [0.25, 0.3) is 0 Å². The Labute approximate surface area is 149 Å². The van der Waals surface area contributed by atoms with E-state index in [9.17, 15) is 9.59 Å². The number of benzene rings is 1. The van der Waals surface area contributed by atoms with E-state index in [2.05, 4.69) is 6.92 Å². The third-order valence-corrected chi connectivity index (χ3v) is 5.14. The summed E-state index contributed by atoms with van der Waals surface area (Å²) in [6.07, 6.45) is 4.41. The second-order valence-corrected chi connectivity index (χ2v) is 7.15. The summed E-state index contributed by atoms with van der Waals surface area (Å²) in [6, 6.07) is 7.10. The average Bonchev–Trinajstić information content (AvgIpc) is 2.59. The molecular weight excluding hydrogens is 326 g/mol. The molecule has 1 fully saturated rings. The molecule has 0 heterocycles. The summed E-state index contributed by atoms with van der Waals surface area (Å²) in [6.45, 7) is 4.37. The van der Waals surface area contributed by atoms with Crippen molar-refractivity contribution in [3.05, 3.63) is 34.9 Å². The Bertz CT molecular complexity index is 572. The van der Waals surface area contributed by atoms with Crippen molar-refractivity contribution in [2.75, 3.05) is 13.7 Å². The average molecular weight is 352 g/mol. The zero-order valence-corrected chi connectivity index (χ0v) is 15.4. The number of amides is 1. The third kappa shape index (κ3) is 4.50. The number of carbonyl (C=O) groups is 2. The molecule has 1 saturated carbocycles. The molecule has 132 valence electrons. The number of carbonyl (C=O) groups excluding carboxylic acids is 2. The Hall–Kier alpha value is -1.55. The fourth-order valence-corrected chi connectivity index (χ4v) is 3.58. The molecule has 1 aromatic carbocycles. The van der Waals surface area contributed by atoms with Gasteiger partial charge >= 0.3 is 5.97 Å². The quantitative estimate of drug-likeness (QED) is 0.748. The van der Waals surface area contributed by atoms with Crippen molar-refractivity contribution >= 4 is 23.5 Å². The van der Waals surface area contributed by atoms with Crippen molar-refractivity contribution in [2.24, 2.45) is 11.8 Å². The SMILES string of the molecule is COC(=O)C(C)CN(C(=O)c1ccc(Cl)cc1)C1CCCCC1C. The van der Waals surface area contributed by atoms with E-state index in [0.717, 1.165) is 19.3 Å².